The third-order valence-corrected chi connectivity index (χ3v) is 6.68. The standard InChI is InChI=1S/C29H30N4O3/c1-20(17-27(34)31-21-9-8-10-22(18-21)32-15-6-7-16-32)30-28(35)19-33-25-13-4-2-11-23(25)29(36)24-12-3-5-14-26(24)33/h2-5,8-14,18,20H,6-7,15-17,19H2,1H3,(H,30,35)(H,31,34). The summed E-state index contributed by atoms with van der Waals surface area (Å²) in [5.74, 6) is -0.370. The number of amides is 2. The third kappa shape index (κ3) is 4.96. The molecule has 184 valence electrons. The number of fused-ring (bicyclic) bond motifs is 2. The van der Waals surface area contributed by atoms with Crippen LogP contribution in [0, 0.1) is 0 Å². The van der Waals surface area contributed by atoms with Gasteiger partial charge < -0.3 is 20.1 Å². The first kappa shape index (κ1) is 23.6. The maximum Gasteiger partial charge on any atom is 0.240 e. The molecule has 1 fully saturated rings. The number of hydrogen-bond donors (Lipinski definition) is 2. The van der Waals surface area contributed by atoms with Gasteiger partial charge in [0.25, 0.3) is 0 Å². The summed E-state index contributed by atoms with van der Waals surface area (Å²) < 4.78 is 1.86. The summed E-state index contributed by atoms with van der Waals surface area (Å²) in [5, 5.41) is 7.05. The van der Waals surface area contributed by atoms with Gasteiger partial charge in [-0.25, -0.2) is 0 Å². The summed E-state index contributed by atoms with van der Waals surface area (Å²) in [6.07, 6.45) is 2.54. The Morgan fingerprint density at radius 3 is 2.17 bits per heavy atom. The number of carbonyl (C=O) groups excluding carboxylic acids is 2. The molecule has 2 N–H and O–H groups in total. The summed E-state index contributed by atoms with van der Waals surface area (Å²) in [6.45, 7) is 3.95. The second-order valence-electron chi connectivity index (χ2n) is 9.41. The van der Waals surface area contributed by atoms with Gasteiger partial charge in [-0.3, -0.25) is 14.4 Å². The van der Waals surface area contributed by atoms with E-state index >= 15 is 0 Å². The Morgan fingerprint density at radius 1 is 0.861 bits per heavy atom. The van der Waals surface area contributed by atoms with E-state index in [1.165, 1.54) is 12.8 Å². The van der Waals surface area contributed by atoms with Crippen molar-refractivity contribution in [2.75, 3.05) is 23.3 Å². The van der Waals surface area contributed by atoms with Crippen molar-refractivity contribution in [3.63, 3.8) is 0 Å². The van der Waals surface area contributed by atoms with Crippen LogP contribution in [0.15, 0.2) is 77.6 Å². The molecule has 36 heavy (non-hydrogen) atoms. The second kappa shape index (κ2) is 10.2. The van der Waals surface area contributed by atoms with Crippen molar-refractivity contribution in [3.05, 3.63) is 83.0 Å². The van der Waals surface area contributed by atoms with Crippen molar-refractivity contribution in [2.45, 2.75) is 38.8 Å². The quantitative estimate of drug-likeness (QED) is 0.385. The van der Waals surface area contributed by atoms with Gasteiger partial charge in [0, 0.05) is 47.7 Å². The Bertz CT molecular complexity index is 1430. The van der Waals surface area contributed by atoms with E-state index in [2.05, 4.69) is 21.6 Å². The molecule has 7 heteroatoms. The third-order valence-electron chi connectivity index (χ3n) is 6.68. The Kier molecular flexibility index (Phi) is 6.71. The van der Waals surface area contributed by atoms with Crippen LogP contribution in [-0.2, 0) is 16.1 Å². The molecule has 1 atom stereocenters. The Hall–Kier alpha value is -4.13. The summed E-state index contributed by atoms with van der Waals surface area (Å²) in [6, 6.07) is 22.2. The highest BCUT2D eigenvalue weighted by atomic mass is 16.2. The number of carbonyl (C=O) groups is 2. The van der Waals surface area contributed by atoms with Crippen LogP contribution < -0.4 is 21.0 Å². The Balaban J connectivity index is 1.25. The van der Waals surface area contributed by atoms with E-state index in [-0.39, 0.29) is 36.3 Å². The van der Waals surface area contributed by atoms with Gasteiger partial charge in [0.1, 0.15) is 6.54 Å². The summed E-state index contributed by atoms with van der Waals surface area (Å²) in [4.78, 5) is 40.9. The molecule has 1 unspecified atom stereocenters. The minimum absolute atomic E-state index is 0.0447. The molecule has 1 aromatic heterocycles. The second-order valence-corrected chi connectivity index (χ2v) is 9.41. The first-order chi connectivity index (χ1) is 17.5. The molecule has 0 spiro atoms. The van der Waals surface area contributed by atoms with E-state index < -0.39 is 0 Å². The number of hydrogen-bond acceptors (Lipinski definition) is 4. The van der Waals surface area contributed by atoms with Crippen molar-refractivity contribution in [2.24, 2.45) is 0 Å². The molecule has 1 saturated heterocycles. The molecule has 5 rings (SSSR count). The van der Waals surface area contributed by atoms with Crippen LogP contribution in [0.4, 0.5) is 11.4 Å². The Morgan fingerprint density at radius 2 is 1.50 bits per heavy atom. The van der Waals surface area contributed by atoms with Crippen molar-refractivity contribution < 1.29 is 9.59 Å². The van der Waals surface area contributed by atoms with Gasteiger partial charge in [0.15, 0.2) is 5.43 Å². The number of para-hydroxylation sites is 2. The molecule has 0 aliphatic carbocycles. The zero-order valence-corrected chi connectivity index (χ0v) is 20.4. The molecule has 2 amide bonds. The molecule has 4 aromatic rings. The number of pyridine rings is 1. The molecule has 2 heterocycles. The molecule has 7 nitrogen and oxygen atoms in total. The highest BCUT2D eigenvalue weighted by Gasteiger charge is 2.17. The SMILES string of the molecule is CC(CC(=O)Nc1cccc(N2CCCC2)c1)NC(=O)Cn1c2ccccc2c(=O)c2ccccc21. The van der Waals surface area contributed by atoms with Gasteiger partial charge in [0.05, 0.1) is 11.0 Å². The van der Waals surface area contributed by atoms with Crippen LogP contribution in [-0.4, -0.2) is 35.5 Å². The molecule has 1 aliphatic rings. The topological polar surface area (TPSA) is 83.4 Å². The van der Waals surface area contributed by atoms with E-state index in [9.17, 15) is 14.4 Å². The minimum Gasteiger partial charge on any atom is -0.371 e. The molecule has 0 radical (unpaired) electrons. The van der Waals surface area contributed by atoms with Crippen LogP contribution in [0.1, 0.15) is 26.2 Å². The van der Waals surface area contributed by atoms with Crippen molar-refractivity contribution in [1.82, 2.24) is 9.88 Å². The lowest BCUT2D eigenvalue weighted by Crippen LogP contribution is -2.37. The van der Waals surface area contributed by atoms with E-state index in [0.29, 0.717) is 21.8 Å². The Labute approximate surface area is 209 Å². The van der Waals surface area contributed by atoms with Crippen molar-refractivity contribution in [1.29, 1.82) is 0 Å². The number of nitrogens with one attached hydrogen (secondary N) is 2. The average molecular weight is 483 g/mol. The van der Waals surface area contributed by atoms with Gasteiger partial charge in [-0.15, -0.1) is 0 Å². The zero-order valence-electron chi connectivity index (χ0n) is 20.4. The maximum absolute atomic E-state index is 13.0. The number of benzene rings is 3. The van der Waals surface area contributed by atoms with Gasteiger partial charge in [0.2, 0.25) is 11.8 Å². The average Bonchev–Trinajstić information content (AvgIpc) is 3.42. The van der Waals surface area contributed by atoms with Gasteiger partial charge >= 0.3 is 0 Å². The van der Waals surface area contributed by atoms with Crippen LogP contribution in [0.25, 0.3) is 21.8 Å². The smallest absolute Gasteiger partial charge is 0.240 e. The van der Waals surface area contributed by atoms with Crippen LogP contribution in [0.3, 0.4) is 0 Å². The van der Waals surface area contributed by atoms with Crippen LogP contribution in [0.5, 0.6) is 0 Å². The highest BCUT2D eigenvalue weighted by molar-refractivity contribution is 5.95. The van der Waals surface area contributed by atoms with Crippen LogP contribution >= 0.6 is 0 Å². The van der Waals surface area contributed by atoms with Crippen molar-refractivity contribution >= 4 is 45.0 Å². The highest BCUT2D eigenvalue weighted by Crippen LogP contribution is 2.23. The first-order valence-electron chi connectivity index (χ1n) is 12.4. The molecule has 0 saturated carbocycles. The normalized spacial score (nSPS) is 14.2. The van der Waals surface area contributed by atoms with E-state index in [4.69, 9.17) is 0 Å². The van der Waals surface area contributed by atoms with E-state index in [1.54, 1.807) is 12.1 Å². The van der Waals surface area contributed by atoms with E-state index in [1.807, 2.05) is 66.1 Å². The molecular formula is C29H30N4O3. The molecular weight excluding hydrogens is 452 g/mol. The number of rotatable bonds is 7. The van der Waals surface area contributed by atoms with Crippen molar-refractivity contribution in [3.8, 4) is 0 Å². The largest absolute Gasteiger partial charge is 0.371 e. The first-order valence-corrected chi connectivity index (χ1v) is 12.4. The zero-order chi connectivity index (χ0) is 25.1. The van der Waals surface area contributed by atoms with Crippen LogP contribution in [0.2, 0.25) is 0 Å². The lowest BCUT2D eigenvalue weighted by molar-refractivity contribution is -0.122. The predicted octanol–water partition coefficient (Wildman–Crippen LogP) is 4.29. The predicted molar refractivity (Wildman–Crippen MR) is 144 cm³/mol. The van der Waals surface area contributed by atoms with E-state index in [0.717, 1.165) is 24.5 Å². The number of nitrogens with zero attached hydrogens (tertiary/aromatic N) is 2. The monoisotopic (exact) mass is 482 g/mol. The fraction of sp³-hybridized carbons (Fsp3) is 0.276. The fourth-order valence-corrected chi connectivity index (χ4v) is 5.01. The number of aromatic nitrogens is 1. The minimum atomic E-state index is -0.351. The number of anilines is 2. The molecule has 3 aromatic carbocycles. The fourth-order valence-electron chi connectivity index (χ4n) is 5.01. The summed E-state index contributed by atoms with van der Waals surface area (Å²) in [7, 11) is 0. The summed E-state index contributed by atoms with van der Waals surface area (Å²) >= 11 is 0. The van der Waals surface area contributed by atoms with Gasteiger partial charge in [-0.1, -0.05) is 30.3 Å². The molecule has 0 bridgehead atoms. The van der Waals surface area contributed by atoms with Gasteiger partial charge in [-0.2, -0.15) is 0 Å². The van der Waals surface area contributed by atoms with Gasteiger partial charge in [-0.05, 0) is 62.2 Å². The lowest BCUT2D eigenvalue weighted by Gasteiger charge is -2.19. The summed E-state index contributed by atoms with van der Waals surface area (Å²) in [5.41, 5.74) is 3.25. The lowest BCUT2D eigenvalue weighted by atomic mass is 10.1. The maximum atomic E-state index is 13.0. The molecule has 1 aliphatic heterocycles.